The van der Waals surface area contributed by atoms with E-state index >= 15 is 0 Å². The number of phenols is 1. The van der Waals surface area contributed by atoms with Crippen molar-refractivity contribution in [2.75, 3.05) is 19.4 Å². The van der Waals surface area contributed by atoms with Gasteiger partial charge in [-0.25, -0.2) is 0 Å². The van der Waals surface area contributed by atoms with E-state index in [1.165, 1.54) is 102 Å². The highest BCUT2D eigenvalue weighted by Gasteiger charge is 2.60. The Morgan fingerprint density at radius 3 is 1.69 bits per heavy atom. The van der Waals surface area contributed by atoms with Gasteiger partial charge in [-0.15, -0.1) is 0 Å². The van der Waals surface area contributed by atoms with Crippen LogP contribution in [-0.4, -0.2) is 57.0 Å². The molecule has 3 fully saturated rings. The molecule has 0 heterocycles. The van der Waals surface area contributed by atoms with E-state index in [9.17, 15) is 5.11 Å². The molecule has 4 nitrogen and oxygen atoms in total. The molecule has 0 aliphatic heterocycles. The number of rotatable bonds is 12. The normalized spacial score (nSPS) is 21.2. The number of phenolic OH excluding ortho intramolecular Hbond substituents is 1. The molecule has 0 spiro atoms. The third-order valence-corrected chi connectivity index (χ3v) is 16.3. The standard InChI is InChI=1S/C30H49O4PSi/c1-3-32-30(33-4-2)36-23-34-28-21-20-24(31)22-29(28)35(25-14-8-5-9-15-25,26-16-10-6-11-17-26)27-18-12-7-13-19-27/h20-22,25-27,30H,3-19,23H2,1-2H3/p+1. The first-order valence-electron chi connectivity index (χ1n) is 15.0. The molecule has 2 radical (unpaired) electrons. The fourth-order valence-corrected chi connectivity index (χ4v) is 16.0. The summed E-state index contributed by atoms with van der Waals surface area (Å²) >= 11 is 0. The van der Waals surface area contributed by atoms with Crippen LogP contribution in [0.15, 0.2) is 18.2 Å². The highest BCUT2D eigenvalue weighted by Crippen LogP contribution is 2.77. The molecular weight excluding hydrogens is 483 g/mol. The molecule has 0 atom stereocenters. The van der Waals surface area contributed by atoms with Crippen molar-refractivity contribution in [3.63, 3.8) is 0 Å². The molecule has 1 N–H and O–H groups in total. The van der Waals surface area contributed by atoms with Crippen LogP contribution in [0.25, 0.3) is 0 Å². The van der Waals surface area contributed by atoms with Crippen molar-refractivity contribution in [2.45, 2.75) is 133 Å². The van der Waals surface area contributed by atoms with E-state index in [0.717, 1.165) is 22.7 Å². The lowest BCUT2D eigenvalue weighted by molar-refractivity contribution is -0.0835. The van der Waals surface area contributed by atoms with E-state index in [2.05, 4.69) is 12.1 Å². The number of aromatic hydroxyl groups is 1. The lowest BCUT2D eigenvalue weighted by atomic mass is 9.99. The first-order chi connectivity index (χ1) is 17.7. The van der Waals surface area contributed by atoms with Crippen molar-refractivity contribution >= 4 is 22.1 Å². The van der Waals surface area contributed by atoms with Crippen LogP contribution in [0.1, 0.15) is 110 Å². The van der Waals surface area contributed by atoms with Crippen molar-refractivity contribution in [1.29, 1.82) is 0 Å². The summed E-state index contributed by atoms with van der Waals surface area (Å²) in [7, 11) is -1.13. The van der Waals surface area contributed by atoms with E-state index in [4.69, 9.17) is 14.2 Å². The summed E-state index contributed by atoms with van der Waals surface area (Å²) in [5.74, 6) is 1.30. The van der Waals surface area contributed by atoms with Crippen molar-refractivity contribution in [3.8, 4) is 11.5 Å². The quantitative estimate of drug-likeness (QED) is 0.172. The Morgan fingerprint density at radius 2 is 1.25 bits per heavy atom. The van der Waals surface area contributed by atoms with Gasteiger partial charge in [0.25, 0.3) is 0 Å². The summed E-state index contributed by atoms with van der Waals surface area (Å²) < 4.78 is 18.3. The predicted octanol–water partition coefficient (Wildman–Crippen LogP) is 7.43. The number of hydrogen-bond acceptors (Lipinski definition) is 4. The van der Waals surface area contributed by atoms with Crippen LogP contribution in [0.4, 0.5) is 0 Å². The largest absolute Gasteiger partial charge is 0.508 e. The summed E-state index contributed by atoms with van der Waals surface area (Å²) in [5, 5.41) is 12.3. The molecular formula is C30H50O4PSi+. The topological polar surface area (TPSA) is 47.9 Å². The molecule has 4 rings (SSSR count). The molecule has 0 amide bonds. The van der Waals surface area contributed by atoms with Crippen molar-refractivity contribution in [1.82, 2.24) is 0 Å². The number of hydrogen-bond donors (Lipinski definition) is 1. The second-order valence-electron chi connectivity index (χ2n) is 11.1. The summed E-state index contributed by atoms with van der Waals surface area (Å²) in [6, 6.07) is 6.11. The molecule has 3 saturated carbocycles. The van der Waals surface area contributed by atoms with Crippen molar-refractivity contribution < 1.29 is 19.3 Å². The first kappa shape index (κ1) is 28.4. The molecule has 6 heteroatoms. The van der Waals surface area contributed by atoms with Gasteiger partial charge in [0, 0.05) is 19.3 Å². The van der Waals surface area contributed by atoms with Gasteiger partial charge < -0.3 is 19.3 Å². The number of ether oxygens (including phenoxy) is 3. The third-order valence-electron chi connectivity index (χ3n) is 9.01. The van der Waals surface area contributed by atoms with Gasteiger partial charge >= 0.3 is 0 Å². The maximum atomic E-state index is 10.9. The molecule has 0 unspecified atom stereocenters. The van der Waals surface area contributed by atoms with Gasteiger partial charge in [-0.05, 0) is 103 Å². The molecule has 3 aliphatic carbocycles. The molecule has 3 aliphatic rings. The first-order valence-corrected chi connectivity index (χ1v) is 18.3. The van der Waals surface area contributed by atoms with E-state index in [0.29, 0.717) is 34.7 Å². The second kappa shape index (κ2) is 14.5. The van der Waals surface area contributed by atoms with Gasteiger partial charge in [0.05, 0.1) is 30.5 Å². The molecule has 1 aromatic carbocycles. The molecule has 36 heavy (non-hydrogen) atoms. The van der Waals surface area contributed by atoms with E-state index in [1.54, 1.807) is 0 Å². The van der Waals surface area contributed by atoms with E-state index < -0.39 is 7.26 Å². The van der Waals surface area contributed by atoms with Gasteiger partial charge in [0.1, 0.15) is 17.0 Å². The van der Waals surface area contributed by atoms with Crippen LogP contribution in [-0.2, 0) is 9.47 Å². The Balaban J connectivity index is 1.72. The lowest BCUT2D eigenvalue weighted by Gasteiger charge is -2.49. The zero-order chi connectivity index (χ0) is 25.2. The summed E-state index contributed by atoms with van der Waals surface area (Å²) in [5.41, 5.74) is 2.43. The average molecular weight is 534 g/mol. The van der Waals surface area contributed by atoms with Crippen LogP contribution < -0.4 is 10.0 Å². The maximum Gasteiger partial charge on any atom is 0.166 e. The van der Waals surface area contributed by atoms with Gasteiger partial charge in [-0.3, -0.25) is 0 Å². The Morgan fingerprint density at radius 1 is 0.778 bits per heavy atom. The maximum absolute atomic E-state index is 10.9. The fourth-order valence-electron chi connectivity index (χ4n) is 7.60. The van der Waals surface area contributed by atoms with E-state index in [-0.39, 0.29) is 5.91 Å². The Kier molecular flexibility index (Phi) is 11.4. The fraction of sp³-hybridized carbons (Fsp3) is 0.800. The predicted molar refractivity (Wildman–Crippen MR) is 154 cm³/mol. The molecule has 0 aromatic heterocycles. The van der Waals surface area contributed by atoms with Gasteiger partial charge in [-0.2, -0.15) is 0 Å². The minimum absolute atomic E-state index is 0.185. The van der Waals surface area contributed by atoms with Crippen LogP contribution in [0.2, 0.25) is 0 Å². The van der Waals surface area contributed by atoms with Crippen molar-refractivity contribution in [2.24, 2.45) is 0 Å². The molecule has 0 bridgehead atoms. The monoisotopic (exact) mass is 533 g/mol. The van der Waals surface area contributed by atoms with Crippen LogP contribution >= 0.6 is 7.26 Å². The summed E-state index contributed by atoms with van der Waals surface area (Å²) in [6.45, 7) is 5.35. The molecule has 1 aromatic rings. The Hall–Kier alpha value is -0.613. The second-order valence-corrected chi connectivity index (χ2v) is 16.6. The summed E-state index contributed by atoms with van der Waals surface area (Å²) in [4.78, 5) is 0. The minimum atomic E-state index is -1.57. The summed E-state index contributed by atoms with van der Waals surface area (Å²) in [6.07, 6.45) is 21.4. The lowest BCUT2D eigenvalue weighted by Crippen LogP contribution is -2.42. The van der Waals surface area contributed by atoms with E-state index in [1.807, 2.05) is 19.9 Å². The highest BCUT2D eigenvalue weighted by atomic mass is 31.2. The zero-order valence-corrected chi connectivity index (χ0v) is 24.8. The Bertz CT molecular complexity index is 721. The van der Waals surface area contributed by atoms with Crippen LogP contribution in [0.3, 0.4) is 0 Å². The van der Waals surface area contributed by atoms with Gasteiger partial charge in [0.15, 0.2) is 15.3 Å². The molecule has 0 saturated heterocycles. The smallest absolute Gasteiger partial charge is 0.166 e. The SMILES string of the molecule is CCOC(OCC)[Si]COc1ccc(O)cc1[P+](C1CCCCC1)(C1CCCCC1)C1CCCCC1. The Labute approximate surface area is 223 Å². The molecule has 202 valence electrons. The number of benzene rings is 1. The zero-order valence-electron chi connectivity index (χ0n) is 22.9. The van der Waals surface area contributed by atoms with Crippen LogP contribution in [0.5, 0.6) is 11.5 Å². The average Bonchev–Trinajstić information content (AvgIpc) is 2.92. The van der Waals surface area contributed by atoms with Gasteiger partial charge in [0.2, 0.25) is 0 Å². The third kappa shape index (κ3) is 6.68. The minimum Gasteiger partial charge on any atom is -0.508 e. The highest BCUT2D eigenvalue weighted by molar-refractivity contribution is 7.85. The van der Waals surface area contributed by atoms with Crippen LogP contribution in [0, 0.1) is 0 Å². The van der Waals surface area contributed by atoms with Crippen molar-refractivity contribution in [3.05, 3.63) is 18.2 Å². The van der Waals surface area contributed by atoms with Gasteiger partial charge in [-0.1, -0.05) is 19.3 Å².